The molecule has 0 spiro atoms. The van der Waals surface area contributed by atoms with E-state index in [9.17, 15) is 10.2 Å². The Kier molecular flexibility index (Phi) is 4.28. The van der Waals surface area contributed by atoms with Crippen LogP contribution in [-0.2, 0) is 9.47 Å². The van der Waals surface area contributed by atoms with Gasteiger partial charge in [0.1, 0.15) is 24.4 Å². The first-order chi connectivity index (χ1) is 6.65. The van der Waals surface area contributed by atoms with Crippen molar-refractivity contribution in [3.8, 4) is 0 Å². The van der Waals surface area contributed by atoms with E-state index in [1.807, 2.05) is 6.92 Å². The molecule has 1 heterocycles. The molecule has 84 valence electrons. The second kappa shape index (κ2) is 5.04. The van der Waals surface area contributed by atoms with E-state index < -0.39 is 30.5 Å². The molecule has 5 heteroatoms. The highest BCUT2D eigenvalue weighted by Crippen LogP contribution is 2.24. The zero-order valence-electron chi connectivity index (χ0n) is 8.46. The zero-order valence-corrected chi connectivity index (χ0v) is 8.46. The van der Waals surface area contributed by atoms with Gasteiger partial charge in [-0.05, 0) is 6.42 Å². The first-order valence-corrected chi connectivity index (χ1v) is 4.80. The van der Waals surface area contributed by atoms with E-state index in [-0.39, 0.29) is 6.61 Å². The van der Waals surface area contributed by atoms with Crippen molar-refractivity contribution in [2.75, 3.05) is 13.7 Å². The Morgan fingerprint density at radius 1 is 1.21 bits per heavy atom. The van der Waals surface area contributed by atoms with Gasteiger partial charge in [-0.1, -0.05) is 6.92 Å². The first kappa shape index (κ1) is 11.9. The fourth-order valence-electron chi connectivity index (χ4n) is 1.79. The Balaban J connectivity index is 2.71. The Morgan fingerprint density at radius 2 is 1.86 bits per heavy atom. The molecule has 0 radical (unpaired) electrons. The molecule has 1 fully saturated rings. The summed E-state index contributed by atoms with van der Waals surface area (Å²) >= 11 is 0. The van der Waals surface area contributed by atoms with Gasteiger partial charge in [0.05, 0.1) is 12.7 Å². The molecule has 1 rings (SSSR count). The zero-order chi connectivity index (χ0) is 10.7. The van der Waals surface area contributed by atoms with Crippen LogP contribution in [0.1, 0.15) is 13.3 Å². The Bertz CT molecular complexity index is 173. The lowest BCUT2D eigenvalue weighted by Gasteiger charge is -2.41. The molecule has 1 aliphatic heterocycles. The van der Waals surface area contributed by atoms with Crippen molar-refractivity contribution in [1.82, 2.24) is 0 Å². The summed E-state index contributed by atoms with van der Waals surface area (Å²) in [4.78, 5) is 0. The van der Waals surface area contributed by atoms with Crippen molar-refractivity contribution in [3.05, 3.63) is 0 Å². The predicted octanol–water partition coefficient (Wildman–Crippen LogP) is -1.11. The van der Waals surface area contributed by atoms with Gasteiger partial charge in [-0.15, -0.1) is 0 Å². The maximum absolute atomic E-state index is 9.67. The van der Waals surface area contributed by atoms with Crippen LogP contribution in [0.4, 0.5) is 0 Å². The minimum absolute atomic E-state index is 0.223. The van der Waals surface area contributed by atoms with E-state index >= 15 is 0 Å². The van der Waals surface area contributed by atoms with Crippen molar-refractivity contribution in [1.29, 1.82) is 0 Å². The van der Waals surface area contributed by atoms with Crippen molar-refractivity contribution in [3.63, 3.8) is 0 Å². The van der Waals surface area contributed by atoms with Crippen LogP contribution < -0.4 is 0 Å². The summed E-state index contributed by atoms with van der Waals surface area (Å²) in [6.07, 6.45) is -3.04. The number of methoxy groups -OCH3 is 1. The molecule has 14 heavy (non-hydrogen) atoms. The summed E-state index contributed by atoms with van der Waals surface area (Å²) in [5.74, 6) is 0. The Hall–Kier alpha value is -0.200. The lowest BCUT2D eigenvalue weighted by atomic mass is 9.94. The van der Waals surface area contributed by atoms with Gasteiger partial charge in [0.25, 0.3) is 0 Å². The summed E-state index contributed by atoms with van der Waals surface area (Å²) in [6.45, 7) is 1.63. The highest BCUT2D eigenvalue weighted by atomic mass is 16.6. The van der Waals surface area contributed by atoms with Gasteiger partial charge in [-0.3, -0.25) is 0 Å². The van der Waals surface area contributed by atoms with Crippen molar-refractivity contribution in [2.24, 2.45) is 0 Å². The maximum atomic E-state index is 9.67. The normalized spacial score (nSPS) is 43.9. The molecule has 0 aromatic rings. The molecule has 2 unspecified atom stereocenters. The summed E-state index contributed by atoms with van der Waals surface area (Å²) in [7, 11) is 1.42. The molecule has 0 saturated carbocycles. The van der Waals surface area contributed by atoms with Crippen LogP contribution >= 0.6 is 0 Å². The van der Waals surface area contributed by atoms with E-state index in [0.29, 0.717) is 6.42 Å². The van der Waals surface area contributed by atoms with Crippen LogP contribution in [0.5, 0.6) is 0 Å². The molecule has 0 aromatic carbocycles. The highest BCUT2D eigenvalue weighted by Gasteiger charge is 2.43. The second-order valence-corrected chi connectivity index (χ2v) is 3.49. The van der Waals surface area contributed by atoms with Crippen molar-refractivity contribution < 1.29 is 24.8 Å². The van der Waals surface area contributed by atoms with Gasteiger partial charge in [0.2, 0.25) is 0 Å². The molecule has 1 saturated heterocycles. The number of aliphatic hydroxyl groups is 3. The third kappa shape index (κ3) is 2.07. The monoisotopic (exact) mass is 206 g/mol. The van der Waals surface area contributed by atoms with Crippen LogP contribution in [-0.4, -0.2) is 59.6 Å². The van der Waals surface area contributed by atoms with E-state index in [2.05, 4.69) is 0 Å². The van der Waals surface area contributed by atoms with E-state index in [4.69, 9.17) is 14.6 Å². The van der Waals surface area contributed by atoms with E-state index in [0.717, 1.165) is 0 Å². The minimum Gasteiger partial charge on any atom is -0.394 e. The van der Waals surface area contributed by atoms with Crippen LogP contribution in [0.2, 0.25) is 0 Å². The lowest BCUT2D eigenvalue weighted by Crippen LogP contribution is -2.58. The predicted molar refractivity (Wildman–Crippen MR) is 48.8 cm³/mol. The van der Waals surface area contributed by atoms with Crippen molar-refractivity contribution in [2.45, 2.75) is 43.9 Å². The molecule has 1 aliphatic rings. The van der Waals surface area contributed by atoms with Gasteiger partial charge in [-0.25, -0.2) is 0 Å². The number of hydrogen-bond acceptors (Lipinski definition) is 5. The summed E-state index contributed by atoms with van der Waals surface area (Å²) in [5, 5.41) is 28.3. The quantitative estimate of drug-likeness (QED) is 0.546. The molecule has 0 bridgehead atoms. The Morgan fingerprint density at radius 3 is 2.29 bits per heavy atom. The molecular formula is C9H18O5. The average Bonchev–Trinajstić information content (AvgIpc) is 2.21. The van der Waals surface area contributed by atoms with Crippen LogP contribution in [0.15, 0.2) is 0 Å². The summed E-state index contributed by atoms with van der Waals surface area (Å²) in [6, 6.07) is 0. The summed E-state index contributed by atoms with van der Waals surface area (Å²) < 4.78 is 10.4. The largest absolute Gasteiger partial charge is 0.394 e. The molecule has 0 aliphatic carbocycles. The fraction of sp³-hybridized carbons (Fsp3) is 1.00. The van der Waals surface area contributed by atoms with Crippen LogP contribution in [0, 0.1) is 0 Å². The first-order valence-electron chi connectivity index (χ1n) is 4.80. The molecule has 5 nitrogen and oxygen atoms in total. The lowest BCUT2D eigenvalue weighted by molar-refractivity contribution is -0.236. The fourth-order valence-corrected chi connectivity index (χ4v) is 1.79. The third-order valence-electron chi connectivity index (χ3n) is 2.64. The average molecular weight is 206 g/mol. The molecule has 3 N–H and O–H groups in total. The van der Waals surface area contributed by atoms with Crippen molar-refractivity contribution >= 4 is 0 Å². The van der Waals surface area contributed by atoms with Gasteiger partial charge >= 0.3 is 0 Å². The van der Waals surface area contributed by atoms with Gasteiger partial charge in [-0.2, -0.15) is 0 Å². The molecular weight excluding hydrogens is 188 g/mol. The topological polar surface area (TPSA) is 79.2 Å². The SMILES string of the molecule is CC[C@@H]1OC(CO)[C@@H](OC)[C@@H](O)C1O. The van der Waals surface area contributed by atoms with Gasteiger partial charge < -0.3 is 24.8 Å². The number of ether oxygens (including phenoxy) is 2. The maximum Gasteiger partial charge on any atom is 0.114 e. The smallest absolute Gasteiger partial charge is 0.114 e. The molecule has 0 aromatic heterocycles. The third-order valence-corrected chi connectivity index (χ3v) is 2.64. The van der Waals surface area contributed by atoms with Gasteiger partial charge in [0.15, 0.2) is 0 Å². The number of rotatable bonds is 3. The number of aliphatic hydroxyl groups excluding tert-OH is 3. The van der Waals surface area contributed by atoms with E-state index in [1.54, 1.807) is 0 Å². The standard InChI is InChI=1S/C9H18O5/c1-3-5-7(11)8(12)9(13-2)6(4-10)14-5/h5-12H,3-4H2,1-2H3/t5-,6?,7?,8-,9+/m0/s1. The molecule has 5 atom stereocenters. The number of hydrogen-bond donors (Lipinski definition) is 3. The second-order valence-electron chi connectivity index (χ2n) is 3.49. The summed E-state index contributed by atoms with van der Waals surface area (Å²) in [5.41, 5.74) is 0. The van der Waals surface area contributed by atoms with Crippen LogP contribution in [0.3, 0.4) is 0 Å². The highest BCUT2D eigenvalue weighted by molar-refractivity contribution is 4.92. The van der Waals surface area contributed by atoms with Crippen LogP contribution in [0.25, 0.3) is 0 Å². The minimum atomic E-state index is -1.00. The van der Waals surface area contributed by atoms with Gasteiger partial charge in [0, 0.05) is 7.11 Å². The molecule has 0 amide bonds. The Labute approximate surface area is 83.3 Å². The van der Waals surface area contributed by atoms with E-state index in [1.165, 1.54) is 7.11 Å².